The quantitative estimate of drug-likeness (QED) is 0.241. The number of ketones is 1. The van der Waals surface area contributed by atoms with Crippen LogP contribution in [-0.2, 0) is 9.53 Å². The third-order valence-corrected chi connectivity index (χ3v) is 5.40. The summed E-state index contributed by atoms with van der Waals surface area (Å²) in [6, 6.07) is 12.7. The topological polar surface area (TPSA) is 110 Å². The minimum absolute atomic E-state index is 0.0510. The van der Waals surface area contributed by atoms with Gasteiger partial charge in [-0.05, 0) is 49.7 Å². The molecule has 2 aromatic carbocycles. The van der Waals surface area contributed by atoms with Gasteiger partial charge in [0.1, 0.15) is 31.1 Å². The summed E-state index contributed by atoms with van der Waals surface area (Å²) in [6.07, 6.45) is 2.04. The fraction of sp³-hybridized carbons (Fsp3) is 0.360. The molecule has 1 heterocycles. The van der Waals surface area contributed by atoms with Crippen LogP contribution in [0.1, 0.15) is 64.2 Å². The van der Waals surface area contributed by atoms with E-state index in [-0.39, 0.29) is 30.1 Å². The molecule has 0 saturated carbocycles. The molecule has 0 spiro atoms. The first-order valence-electron chi connectivity index (χ1n) is 10.9. The molecule has 1 aliphatic heterocycles. The first kappa shape index (κ1) is 24.1. The van der Waals surface area contributed by atoms with E-state index >= 15 is 0 Å². The Morgan fingerprint density at radius 3 is 2.15 bits per heavy atom. The lowest BCUT2D eigenvalue weighted by atomic mass is 9.90. The van der Waals surface area contributed by atoms with Crippen LogP contribution in [0.5, 0.6) is 5.75 Å². The lowest BCUT2D eigenvalue weighted by Gasteiger charge is -2.21. The highest BCUT2D eigenvalue weighted by molar-refractivity contribution is 6.22. The van der Waals surface area contributed by atoms with E-state index in [4.69, 9.17) is 9.47 Å². The lowest BCUT2D eigenvalue weighted by Crippen LogP contribution is -2.36. The maximum atomic E-state index is 12.5. The molecule has 0 aromatic heterocycles. The van der Waals surface area contributed by atoms with Crippen molar-refractivity contribution >= 4 is 23.6 Å². The van der Waals surface area contributed by atoms with Crippen molar-refractivity contribution in [1.82, 2.24) is 4.90 Å². The predicted molar refractivity (Wildman–Crippen MR) is 119 cm³/mol. The molecule has 33 heavy (non-hydrogen) atoms. The fourth-order valence-electron chi connectivity index (χ4n) is 3.52. The van der Waals surface area contributed by atoms with E-state index in [0.29, 0.717) is 17.7 Å². The number of nitrogens with zero attached hydrogens (tertiary/aromatic N) is 1. The average Bonchev–Trinajstić information content (AvgIpc) is 3.05. The van der Waals surface area contributed by atoms with Gasteiger partial charge in [-0.2, -0.15) is 0 Å². The van der Waals surface area contributed by atoms with Gasteiger partial charge >= 0.3 is 5.97 Å². The Balaban J connectivity index is 1.43. The standard InChI is InChI=1S/C25H27NO7/c1-3-4-13-25(2,31)22(28)17-9-11-18(12-10-17)32-14-15-33-21(27)16-26-23(29)19-7-5-6-8-20(19)24(26)30/h5-12,31H,3-4,13-16H2,1-2H3. The highest BCUT2D eigenvalue weighted by atomic mass is 16.6. The van der Waals surface area contributed by atoms with Crippen molar-refractivity contribution < 1.29 is 33.8 Å². The molecule has 3 rings (SSSR count). The zero-order chi connectivity index (χ0) is 24.0. The number of imide groups is 1. The van der Waals surface area contributed by atoms with E-state index in [0.717, 1.165) is 17.7 Å². The van der Waals surface area contributed by atoms with Crippen LogP contribution >= 0.6 is 0 Å². The second-order valence-electron chi connectivity index (χ2n) is 8.04. The van der Waals surface area contributed by atoms with Crippen LogP contribution in [0.25, 0.3) is 0 Å². The number of amides is 2. The molecule has 0 radical (unpaired) electrons. The maximum absolute atomic E-state index is 12.5. The van der Waals surface area contributed by atoms with Gasteiger partial charge in [-0.3, -0.25) is 24.1 Å². The molecule has 0 bridgehead atoms. The molecular formula is C25H27NO7. The number of Topliss-reactive ketones (excluding diaryl/α,β-unsaturated/α-hetero) is 1. The summed E-state index contributed by atoms with van der Waals surface area (Å²) in [5.74, 6) is -1.64. The van der Waals surface area contributed by atoms with Gasteiger partial charge in [0.2, 0.25) is 0 Å². The van der Waals surface area contributed by atoms with Crippen LogP contribution in [0.2, 0.25) is 0 Å². The number of carbonyl (C=O) groups is 4. The zero-order valence-corrected chi connectivity index (χ0v) is 18.7. The van der Waals surface area contributed by atoms with Gasteiger partial charge in [-0.25, -0.2) is 0 Å². The molecule has 0 fully saturated rings. The molecule has 1 N–H and O–H groups in total. The van der Waals surface area contributed by atoms with Crippen LogP contribution in [0.4, 0.5) is 0 Å². The molecule has 1 unspecified atom stereocenters. The van der Waals surface area contributed by atoms with Gasteiger partial charge in [0, 0.05) is 5.56 Å². The van der Waals surface area contributed by atoms with Crippen molar-refractivity contribution in [2.45, 2.75) is 38.7 Å². The van der Waals surface area contributed by atoms with Crippen molar-refractivity contribution in [1.29, 1.82) is 0 Å². The van der Waals surface area contributed by atoms with E-state index in [2.05, 4.69) is 0 Å². The Bertz CT molecular complexity index is 1010. The summed E-state index contributed by atoms with van der Waals surface area (Å²) in [6.45, 7) is 3.02. The number of carbonyl (C=O) groups excluding carboxylic acids is 4. The Kier molecular flexibility index (Phi) is 7.60. The third-order valence-electron chi connectivity index (χ3n) is 5.40. The summed E-state index contributed by atoms with van der Waals surface area (Å²) in [7, 11) is 0. The molecule has 0 aliphatic carbocycles. The summed E-state index contributed by atoms with van der Waals surface area (Å²) >= 11 is 0. The van der Waals surface area contributed by atoms with Gasteiger partial charge in [-0.15, -0.1) is 0 Å². The number of hydrogen-bond donors (Lipinski definition) is 1. The molecule has 2 aromatic rings. The summed E-state index contributed by atoms with van der Waals surface area (Å²) in [5.41, 5.74) is -0.484. The predicted octanol–water partition coefficient (Wildman–Crippen LogP) is 3.03. The molecule has 1 atom stereocenters. The largest absolute Gasteiger partial charge is 0.490 e. The van der Waals surface area contributed by atoms with E-state index in [9.17, 15) is 24.3 Å². The van der Waals surface area contributed by atoms with E-state index in [1.807, 2.05) is 6.92 Å². The summed E-state index contributed by atoms with van der Waals surface area (Å²) in [5, 5.41) is 10.4. The van der Waals surface area contributed by atoms with Crippen LogP contribution in [0.15, 0.2) is 48.5 Å². The summed E-state index contributed by atoms with van der Waals surface area (Å²) in [4.78, 5) is 50.0. The fourth-order valence-corrected chi connectivity index (χ4v) is 3.52. The van der Waals surface area contributed by atoms with Gasteiger partial charge in [-0.1, -0.05) is 31.9 Å². The van der Waals surface area contributed by atoms with Crippen molar-refractivity contribution in [3.63, 3.8) is 0 Å². The Labute approximate surface area is 192 Å². The third kappa shape index (κ3) is 5.64. The average molecular weight is 453 g/mol. The Hall–Kier alpha value is -3.52. The smallest absolute Gasteiger partial charge is 0.326 e. The summed E-state index contributed by atoms with van der Waals surface area (Å²) < 4.78 is 10.6. The number of aliphatic hydroxyl groups is 1. The molecule has 8 heteroatoms. The van der Waals surface area contributed by atoms with Crippen molar-refractivity contribution in [2.24, 2.45) is 0 Å². The van der Waals surface area contributed by atoms with E-state index < -0.39 is 29.9 Å². The number of fused-ring (bicyclic) bond motifs is 1. The van der Waals surface area contributed by atoms with Gasteiger partial charge < -0.3 is 14.6 Å². The second kappa shape index (κ2) is 10.4. The monoisotopic (exact) mass is 453 g/mol. The maximum Gasteiger partial charge on any atom is 0.326 e. The first-order valence-corrected chi connectivity index (χ1v) is 10.9. The minimum Gasteiger partial charge on any atom is -0.490 e. The van der Waals surface area contributed by atoms with Crippen LogP contribution < -0.4 is 4.74 Å². The molecular weight excluding hydrogens is 426 g/mol. The molecule has 174 valence electrons. The van der Waals surface area contributed by atoms with E-state index in [1.54, 1.807) is 48.5 Å². The lowest BCUT2D eigenvalue weighted by molar-refractivity contribution is -0.144. The number of rotatable bonds is 11. The number of ether oxygens (including phenoxy) is 2. The van der Waals surface area contributed by atoms with Crippen molar-refractivity contribution in [2.75, 3.05) is 19.8 Å². The first-order chi connectivity index (χ1) is 15.7. The van der Waals surface area contributed by atoms with Crippen LogP contribution in [0, 0.1) is 0 Å². The Morgan fingerprint density at radius 1 is 0.970 bits per heavy atom. The minimum atomic E-state index is -1.41. The number of unbranched alkanes of at least 4 members (excludes halogenated alkanes) is 1. The van der Waals surface area contributed by atoms with Crippen LogP contribution in [0.3, 0.4) is 0 Å². The number of esters is 1. The van der Waals surface area contributed by atoms with Gasteiger partial charge in [0.05, 0.1) is 11.1 Å². The van der Waals surface area contributed by atoms with Crippen molar-refractivity contribution in [3.05, 3.63) is 65.2 Å². The number of benzene rings is 2. The van der Waals surface area contributed by atoms with E-state index in [1.165, 1.54) is 6.92 Å². The normalized spacial score (nSPS) is 14.6. The van der Waals surface area contributed by atoms with Gasteiger partial charge in [0.25, 0.3) is 11.8 Å². The van der Waals surface area contributed by atoms with Crippen molar-refractivity contribution in [3.8, 4) is 5.75 Å². The molecule has 2 amide bonds. The van der Waals surface area contributed by atoms with Crippen LogP contribution in [-0.4, -0.2) is 58.9 Å². The van der Waals surface area contributed by atoms with Gasteiger partial charge in [0.15, 0.2) is 5.78 Å². The number of hydrogen-bond acceptors (Lipinski definition) is 7. The highest BCUT2D eigenvalue weighted by Crippen LogP contribution is 2.23. The Morgan fingerprint density at radius 2 is 1.58 bits per heavy atom. The molecule has 8 nitrogen and oxygen atoms in total. The molecule has 0 saturated heterocycles. The highest BCUT2D eigenvalue weighted by Gasteiger charge is 2.36. The second-order valence-corrected chi connectivity index (χ2v) is 8.04. The zero-order valence-electron chi connectivity index (χ0n) is 18.7. The SMILES string of the molecule is CCCCC(C)(O)C(=O)c1ccc(OCCOC(=O)CN2C(=O)c3ccccc3C2=O)cc1. The molecule has 1 aliphatic rings.